The van der Waals surface area contributed by atoms with E-state index in [1.54, 1.807) is 56.7 Å². The van der Waals surface area contributed by atoms with Gasteiger partial charge in [0.1, 0.15) is 11.6 Å². The molecule has 0 bridgehead atoms. The standard InChI is InChI=1S/C28H30FN7O2/c1-30-27-21(18-31-28(34-27)33-24-11-6-9-22(29)17-24)14-13-20-8-5-10-23(16-20)32-25(37)19-36(4)26(38)12-7-15-35(2)3/h5-12,16-18H,15,19H2,1-4H3,(H,32,37)(H2,30,31,33,34)/b12-7+. The fraction of sp³-hybridized carbons (Fsp3) is 0.214. The SMILES string of the molecule is CNc1nc(Nc2cccc(F)c2)ncc1C#Cc1cccc(NC(=O)CN(C)C(=O)/C=C/CN(C)C)c1. The molecular formula is C28H30FN7O2. The number of hydrogen-bond donors (Lipinski definition) is 3. The average molecular weight is 516 g/mol. The first-order valence-corrected chi connectivity index (χ1v) is 11.8. The number of rotatable bonds is 9. The van der Waals surface area contributed by atoms with E-state index in [2.05, 4.69) is 37.8 Å². The molecule has 0 fully saturated rings. The van der Waals surface area contributed by atoms with Crippen LogP contribution in [0.25, 0.3) is 0 Å². The molecule has 0 radical (unpaired) electrons. The Labute approximate surface area is 221 Å². The molecular weight excluding hydrogens is 485 g/mol. The van der Waals surface area contributed by atoms with Gasteiger partial charge in [-0.05, 0) is 50.5 Å². The van der Waals surface area contributed by atoms with E-state index in [0.29, 0.717) is 40.8 Å². The van der Waals surface area contributed by atoms with Gasteiger partial charge in [0.05, 0.1) is 18.3 Å². The molecule has 0 saturated carbocycles. The maximum Gasteiger partial charge on any atom is 0.246 e. The molecule has 0 spiro atoms. The van der Waals surface area contributed by atoms with Crippen molar-refractivity contribution in [1.29, 1.82) is 0 Å². The van der Waals surface area contributed by atoms with Crippen LogP contribution >= 0.6 is 0 Å². The van der Waals surface area contributed by atoms with Crippen LogP contribution in [-0.4, -0.2) is 72.9 Å². The second-order valence-electron chi connectivity index (χ2n) is 8.58. The van der Waals surface area contributed by atoms with E-state index in [1.807, 2.05) is 25.1 Å². The van der Waals surface area contributed by atoms with Crippen LogP contribution in [-0.2, 0) is 9.59 Å². The number of likely N-dealkylation sites (N-methyl/N-ethyl adjacent to an activating group) is 2. The highest BCUT2D eigenvalue weighted by molar-refractivity contribution is 5.96. The molecule has 1 aromatic heterocycles. The van der Waals surface area contributed by atoms with Crippen molar-refractivity contribution in [2.45, 2.75) is 0 Å². The Morgan fingerprint density at radius 2 is 1.82 bits per heavy atom. The number of nitrogens with zero attached hydrogens (tertiary/aromatic N) is 4. The third kappa shape index (κ3) is 8.72. The van der Waals surface area contributed by atoms with E-state index >= 15 is 0 Å². The molecule has 0 unspecified atom stereocenters. The van der Waals surface area contributed by atoms with Crippen molar-refractivity contribution >= 4 is 35.0 Å². The van der Waals surface area contributed by atoms with Gasteiger partial charge in [0, 0.05) is 43.7 Å². The molecule has 196 valence electrons. The van der Waals surface area contributed by atoms with Crippen LogP contribution in [0.3, 0.4) is 0 Å². The Balaban J connectivity index is 1.64. The van der Waals surface area contributed by atoms with Crippen LogP contribution in [0, 0.1) is 17.7 Å². The van der Waals surface area contributed by atoms with E-state index in [9.17, 15) is 14.0 Å². The molecule has 3 rings (SSSR count). The third-order valence-electron chi connectivity index (χ3n) is 5.08. The Morgan fingerprint density at radius 1 is 1.05 bits per heavy atom. The van der Waals surface area contributed by atoms with Crippen molar-refractivity contribution in [3.05, 3.63) is 83.8 Å². The number of aromatic nitrogens is 2. The number of hydrogen-bond acceptors (Lipinski definition) is 7. The fourth-order valence-corrected chi connectivity index (χ4v) is 3.22. The number of nitrogens with one attached hydrogen (secondary N) is 3. The molecule has 9 nitrogen and oxygen atoms in total. The minimum absolute atomic E-state index is 0.0834. The Morgan fingerprint density at radius 3 is 2.55 bits per heavy atom. The van der Waals surface area contributed by atoms with Crippen LogP contribution in [0.15, 0.2) is 66.9 Å². The first-order chi connectivity index (χ1) is 18.2. The van der Waals surface area contributed by atoms with Crippen LogP contribution in [0.1, 0.15) is 11.1 Å². The summed E-state index contributed by atoms with van der Waals surface area (Å²) in [7, 11) is 7.10. The summed E-state index contributed by atoms with van der Waals surface area (Å²) in [4.78, 5) is 36.5. The monoisotopic (exact) mass is 515 g/mol. The number of carbonyl (C=O) groups excluding carboxylic acids is 2. The maximum atomic E-state index is 13.4. The van der Waals surface area contributed by atoms with Gasteiger partial charge in [-0.2, -0.15) is 4.98 Å². The molecule has 3 N–H and O–H groups in total. The summed E-state index contributed by atoms with van der Waals surface area (Å²) in [5.41, 5.74) is 2.32. The summed E-state index contributed by atoms with van der Waals surface area (Å²) in [5.74, 6) is 5.95. The number of carbonyl (C=O) groups is 2. The normalized spacial score (nSPS) is 10.6. The van der Waals surface area contributed by atoms with Gasteiger partial charge in [-0.25, -0.2) is 9.37 Å². The number of benzene rings is 2. The molecule has 0 saturated heterocycles. The first kappa shape index (κ1) is 27.8. The summed E-state index contributed by atoms with van der Waals surface area (Å²) in [6.07, 6.45) is 4.77. The second-order valence-corrected chi connectivity index (χ2v) is 8.58. The minimum atomic E-state index is -0.363. The van der Waals surface area contributed by atoms with Crippen molar-refractivity contribution < 1.29 is 14.0 Å². The summed E-state index contributed by atoms with van der Waals surface area (Å²) in [5, 5.41) is 8.74. The highest BCUT2D eigenvalue weighted by Gasteiger charge is 2.11. The van der Waals surface area contributed by atoms with Gasteiger partial charge in [0.15, 0.2) is 0 Å². The van der Waals surface area contributed by atoms with Gasteiger partial charge in [0.25, 0.3) is 0 Å². The van der Waals surface area contributed by atoms with Crippen molar-refractivity contribution in [3.8, 4) is 11.8 Å². The lowest BCUT2D eigenvalue weighted by atomic mass is 10.2. The Bertz CT molecular complexity index is 1380. The van der Waals surface area contributed by atoms with Gasteiger partial charge in [-0.1, -0.05) is 30.0 Å². The topological polar surface area (TPSA) is 102 Å². The zero-order valence-electron chi connectivity index (χ0n) is 21.7. The van der Waals surface area contributed by atoms with Gasteiger partial charge in [-0.15, -0.1) is 0 Å². The van der Waals surface area contributed by atoms with Crippen molar-refractivity contribution in [1.82, 2.24) is 19.8 Å². The number of amides is 2. The minimum Gasteiger partial charge on any atom is -0.372 e. The molecule has 2 aromatic carbocycles. The predicted molar refractivity (Wildman–Crippen MR) is 148 cm³/mol. The van der Waals surface area contributed by atoms with Crippen LogP contribution in [0.2, 0.25) is 0 Å². The highest BCUT2D eigenvalue weighted by Crippen LogP contribution is 2.18. The molecule has 0 aliphatic heterocycles. The predicted octanol–water partition coefficient (Wildman–Crippen LogP) is 3.32. The van der Waals surface area contributed by atoms with Gasteiger partial charge >= 0.3 is 0 Å². The van der Waals surface area contributed by atoms with E-state index in [0.717, 1.165) is 0 Å². The van der Waals surface area contributed by atoms with E-state index in [4.69, 9.17) is 0 Å². The highest BCUT2D eigenvalue weighted by atomic mass is 19.1. The largest absolute Gasteiger partial charge is 0.372 e. The van der Waals surface area contributed by atoms with Crippen LogP contribution in [0.5, 0.6) is 0 Å². The fourth-order valence-electron chi connectivity index (χ4n) is 3.22. The molecule has 10 heteroatoms. The summed E-state index contributed by atoms with van der Waals surface area (Å²) in [6.45, 7) is 0.553. The smallest absolute Gasteiger partial charge is 0.246 e. The Kier molecular flexibility index (Phi) is 9.91. The zero-order valence-corrected chi connectivity index (χ0v) is 21.7. The van der Waals surface area contributed by atoms with E-state index < -0.39 is 0 Å². The second kappa shape index (κ2) is 13.5. The Hall–Kier alpha value is -4.75. The molecule has 38 heavy (non-hydrogen) atoms. The van der Waals surface area contributed by atoms with E-state index in [-0.39, 0.29) is 24.2 Å². The first-order valence-electron chi connectivity index (χ1n) is 11.8. The number of anilines is 4. The third-order valence-corrected chi connectivity index (χ3v) is 5.08. The molecule has 3 aromatic rings. The van der Waals surface area contributed by atoms with Crippen molar-refractivity contribution in [2.75, 3.05) is 57.2 Å². The molecule has 0 atom stereocenters. The lowest BCUT2D eigenvalue weighted by molar-refractivity contribution is -0.129. The lowest BCUT2D eigenvalue weighted by Gasteiger charge is -2.15. The molecule has 2 amide bonds. The van der Waals surface area contributed by atoms with Crippen molar-refractivity contribution in [2.24, 2.45) is 0 Å². The molecule has 1 heterocycles. The summed E-state index contributed by atoms with van der Waals surface area (Å²) < 4.78 is 13.4. The molecule has 0 aliphatic carbocycles. The lowest BCUT2D eigenvalue weighted by Crippen LogP contribution is -2.34. The molecule has 0 aliphatic rings. The van der Waals surface area contributed by atoms with Crippen molar-refractivity contribution in [3.63, 3.8) is 0 Å². The number of halogens is 1. The quantitative estimate of drug-likeness (QED) is 0.297. The summed E-state index contributed by atoms with van der Waals surface area (Å²) in [6, 6.07) is 13.1. The average Bonchev–Trinajstić information content (AvgIpc) is 2.87. The van der Waals surface area contributed by atoms with Crippen LogP contribution < -0.4 is 16.0 Å². The van der Waals surface area contributed by atoms with Gasteiger partial charge in [0.2, 0.25) is 17.8 Å². The van der Waals surface area contributed by atoms with Crippen LogP contribution in [0.4, 0.5) is 27.5 Å². The van der Waals surface area contributed by atoms with Gasteiger partial charge in [-0.3, -0.25) is 9.59 Å². The van der Waals surface area contributed by atoms with E-state index in [1.165, 1.54) is 23.1 Å². The zero-order chi connectivity index (χ0) is 27.5. The summed E-state index contributed by atoms with van der Waals surface area (Å²) >= 11 is 0. The van der Waals surface area contributed by atoms with Gasteiger partial charge < -0.3 is 25.8 Å². The maximum absolute atomic E-state index is 13.4.